The number of esters is 1. The zero-order chi connectivity index (χ0) is 25.6. The number of ether oxygens (including phenoxy) is 1. The predicted octanol–water partition coefficient (Wildman–Crippen LogP) is 5.34. The van der Waals surface area contributed by atoms with E-state index < -0.39 is 29.5 Å². The smallest absolute Gasteiger partial charge is 0.305 e. The molecule has 3 rings (SSSR count). The van der Waals surface area contributed by atoms with Crippen LogP contribution in [0, 0.1) is 29.1 Å². The summed E-state index contributed by atoms with van der Waals surface area (Å²) in [6.07, 6.45) is 4.82. The van der Waals surface area contributed by atoms with Gasteiger partial charge in [0, 0.05) is 46.1 Å². The summed E-state index contributed by atoms with van der Waals surface area (Å²) in [5.74, 6) is 4.93. The van der Waals surface area contributed by atoms with Gasteiger partial charge in [0.2, 0.25) is 0 Å². The van der Waals surface area contributed by atoms with Crippen LogP contribution in [0.5, 0.6) is 0 Å². The molecule has 7 heteroatoms. The summed E-state index contributed by atoms with van der Waals surface area (Å²) in [5.41, 5.74) is -0.873. The quantitative estimate of drug-likeness (QED) is 0.203. The van der Waals surface area contributed by atoms with Crippen LogP contribution in [-0.4, -0.2) is 41.3 Å². The Morgan fingerprint density at radius 3 is 2.77 bits per heavy atom. The number of methoxy groups -OCH3 is 1. The number of hydrogen-bond acceptors (Lipinski definition) is 6. The molecule has 0 spiro atoms. The lowest BCUT2D eigenvalue weighted by Gasteiger charge is -2.22. The number of aliphatic hydroxyl groups excluding tert-OH is 2. The first kappa shape index (κ1) is 27.4. The van der Waals surface area contributed by atoms with E-state index in [-0.39, 0.29) is 11.8 Å². The third-order valence-electron chi connectivity index (χ3n) is 6.72. The fourth-order valence-electron chi connectivity index (χ4n) is 4.52. The number of unbranched alkanes of at least 4 members (excludes halogenated alkanes) is 1. The van der Waals surface area contributed by atoms with Gasteiger partial charge in [0.05, 0.1) is 29.8 Å². The molecule has 1 aromatic heterocycles. The first-order valence-corrected chi connectivity index (χ1v) is 13.1. The van der Waals surface area contributed by atoms with Crippen molar-refractivity contribution in [1.29, 1.82) is 0 Å². The Morgan fingerprint density at radius 2 is 2.06 bits per heavy atom. The number of hydrogen-bond donors (Lipinski definition) is 2. The maximum absolute atomic E-state index is 13.0. The molecular weight excluding hydrogens is 484 g/mol. The fraction of sp³-hybridized carbons (Fsp3) is 0.500. The number of aliphatic hydroxyl groups is 2. The van der Waals surface area contributed by atoms with Crippen molar-refractivity contribution in [1.82, 2.24) is 0 Å². The van der Waals surface area contributed by atoms with Crippen LogP contribution in [0.4, 0.5) is 0 Å². The highest BCUT2D eigenvalue weighted by atomic mass is 35.5. The standard InChI is InChI=1S/C28H33ClO5S/c1-28(2)26(32)19(10-6-4-5-7-13-24(31)34-3)20(27(28)33)16-14-18(30)15-17-23-25(29)21-11-8-9-12-22(21)35-23/h8-9,11-12,14,16,18-20,27,30,33H,5,7,10,13,15,17H2,1-3H3/t18?,19-,20-,27+/m1/s1. The van der Waals surface area contributed by atoms with E-state index in [1.54, 1.807) is 37.3 Å². The molecule has 4 atom stereocenters. The third-order valence-corrected chi connectivity index (χ3v) is 8.50. The third kappa shape index (κ3) is 6.54. The molecule has 0 aliphatic heterocycles. The van der Waals surface area contributed by atoms with Crippen molar-refractivity contribution in [3.63, 3.8) is 0 Å². The van der Waals surface area contributed by atoms with Crippen LogP contribution in [0.25, 0.3) is 10.1 Å². The maximum Gasteiger partial charge on any atom is 0.305 e. The Bertz CT molecular complexity index is 1140. The number of ketones is 1. The molecule has 1 saturated carbocycles. The Balaban J connectivity index is 1.60. The van der Waals surface area contributed by atoms with E-state index in [1.807, 2.05) is 24.3 Å². The monoisotopic (exact) mass is 516 g/mol. The van der Waals surface area contributed by atoms with Crippen molar-refractivity contribution in [2.24, 2.45) is 17.3 Å². The van der Waals surface area contributed by atoms with Crippen LogP contribution in [-0.2, 0) is 20.7 Å². The molecule has 0 amide bonds. The van der Waals surface area contributed by atoms with Crippen molar-refractivity contribution in [3.05, 3.63) is 46.3 Å². The summed E-state index contributed by atoms with van der Waals surface area (Å²) in [5, 5.41) is 23.2. The number of thiophene rings is 1. The number of Topliss-reactive ketones (excluding diaryl/α,β-unsaturated/α-hetero) is 1. The number of fused-ring (bicyclic) bond motifs is 1. The van der Waals surface area contributed by atoms with E-state index in [0.29, 0.717) is 38.5 Å². The predicted molar refractivity (Wildman–Crippen MR) is 140 cm³/mol. The number of aryl methyl sites for hydroxylation is 1. The van der Waals surface area contributed by atoms with Crippen molar-refractivity contribution in [3.8, 4) is 11.8 Å². The highest BCUT2D eigenvalue weighted by Crippen LogP contribution is 2.44. The Kier molecular flexibility index (Phi) is 9.54. The number of benzene rings is 1. The number of carbonyl (C=O) groups excluding carboxylic acids is 2. The zero-order valence-electron chi connectivity index (χ0n) is 20.4. The molecule has 1 aromatic carbocycles. The van der Waals surface area contributed by atoms with Gasteiger partial charge in [-0.25, -0.2) is 0 Å². The maximum atomic E-state index is 13.0. The highest BCUT2D eigenvalue weighted by Gasteiger charge is 2.53. The number of carbonyl (C=O) groups is 2. The van der Waals surface area contributed by atoms with E-state index in [4.69, 9.17) is 11.6 Å². The molecule has 0 saturated heterocycles. The second kappa shape index (κ2) is 12.2. The van der Waals surface area contributed by atoms with E-state index in [9.17, 15) is 19.8 Å². The van der Waals surface area contributed by atoms with Gasteiger partial charge in [-0.15, -0.1) is 23.2 Å². The summed E-state index contributed by atoms with van der Waals surface area (Å²) in [4.78, 5) is 25.2. The number of rotatable bonds is 9. The summed E-state index contributed by atoms with van der Waals surface area (Å²) in [6.45, 7) is 3.51. The molecule has 1 unspecified atom stereocenters. The van der Waals surface area contributed by atoms with Gasteiger partial charge < -0.3 is 14.9 Å². The first-order valence-electron chi connectivity index (χ1n) is 11.9. The van der Waals surface area contributed by atoms with Crippen molar-refractivity contribution in [2.45, 2.75) is 64.6 Å². The normalized spacial score (nSPS) is 22.3. The summed E-state index contributed by atoms with van der Waals surface area (Å²) in [7, 11) is 1.36. The van der Waals surface area contributed by atoms with Gasteiger partial charge in [0.15, 0.2) is 0 Å². The molecule has 2 N–H and O–H groups in total. The highest BCUT2D eigenvalue weighted by molar-refractivity contribution is 7.19. The minimum Gasteiger partial charge on any atom is -0.469 e. The van der Waals surface area contributed by atoms with Gasteiger partial charge in [0.1, 0.15) is 5.78 Å². The second-order valence-electron chi connectivity index (χ2n) is 9.53. The Hall–Kier alpha value is -2.17. The first-order chi connectivity index (χ1) is 16.7. The topological polar surface area (TPSA) is 83.8 Å². The van der Waals surface area contributed by atoms with E-state index in [2.05, 4.69) is 16.6 Å². The SMILES string of the molecule is COC(=O)CCCC#CC[C@H]1C(=O)C(C)(C)[C@@H](O)[C@@H]1C=CC(O)CCc1sc2ccccc2c1Cl. The van der Waals surface area contributed by atoms with Gasteiger partial charge in [-0.05, 0) is 25.3 Å². The molecule has 188 valence electrons. The lowest BCUT2D eigenvalue weighted by molar-refractivity contribution is -0.140. The summed E-state index contributed by atoms with van der Waals surface area (Å²) < 4.78 is 5.74. The Labute approximate surface area is 216 Å². The van der Waals surface area contributed by atoms with Crippen LogP contribution in [0.1, 0.15) is 50.8 Å². The van der Waals surface area contributed by atoms with Crippen LogP contribution >= 0.6 is 22.9 Å². The van der Waals surface area contributed by atoms with E-state index in [0.717, 1.165) is 20.0 Å². The summed E-state index contributed by atoms with van der Waals surface area (Å²) >= 11 is 8.15. The lowest BCUT2D eigenvalue weighted by atomic mass is 9.86. The van der Waals surface area contributed by atoms with E-state index >= 15 is 0 Å². The van der Waals surface area contributed by atoms with E-state index in [1.165, 1.54) is 7.11 Å². The lowest BCUT2D eigenvalue weighted by Crippen LogP contribution is -2.31. The van der Waals surface area contributed by atoms with Crippen molar-refractivity contribution < 1.29 is 24.5 Å². The van der Waals surface area contributed by atoms with Crippen LogP contribution in [0.3, 0.4) is 0 Å². The molecule has 1 aliphatic rings. The van der Waals surface area contributed by atoms with Gasteiger partial charge >= 0.3 is 5.97 Å². The second-order valence-corrected chi connectivity index (χ2v) is 11.0. The Morgan fingerprint density at radius 1 is 1.31 bits per heavy atom. The summed E-state index contributed by atoms with van der Waals surface area (Å²) in [6, 6.07) is 7.97. The molecule has 1 aliphatic carbocycles. The van der Waals surface area contributed by atoms with Gasteiger partial charge in [0.25, 0.3) is 0 Å². The van der Waals surface area contributed by atoms with Gasteiger partial charge in [-0.3, -0.25) is 9.59 Å². The average molecular weight is 517 g/mol. The van der Waals surface area contributed by atoms with Crippen LogP contribution < -0.4 is 0 Å². The minimum absolute atomic E-state index is 0.0185. The van der Waals surface area contributed by atoms with Gasteiger partial charge in [-0.2, -0.15) is 0 Å². The molecule has 0 bridgehead atoms. The zero-order valence-corrected chi connectivity index (χ0v) is 22.0. The van der Waals surface area contributed by atoms with Gasteiger partial charge in [-0.1, -0.05) is 55.8 Å². The minimum atomic E-state index is -0.873. The molecule has 5 nitrogen and oxygen atoms in total. The molecular formula is C28H33ClO5S. The largest absolute Gasteiger partial charge is 0.469 e. The van der Waals surface area contributed by atoms with Crippen molar-refractivity contribution in [2.75, 3.05) is 7.11 Å². The molecule has 2 aromatic rings. The molecule has 1 fully saturated rings. The molecule has 1 heterocycles. The molecule has 35 heavy (non-hydrogen) atoms. The fourth-order valence-corrected chi connectivity index (χ4v) is 6.06. The number of halogens is 1. The van der Waals surface area contributed by atoms with Crippen molar-refractivity contribution >= 4 is 44.8 Å². The molecule has 0 radical (unpaired) electrons. The van der Waals surface area contributed by atoms with Crippen LogP contribution in [0.2, 0.25) is 5.02 Å². The average Bonchev–Trinajstić information content (AvgIpc) is 3.25. The van der Waals surface area contributed by atoms with Crippen LogP contribution in [0.15, 0.2) is 36.4 Å².